The molecule has 2 fully saturated rings. The molecule has 0 aliphatic carbocycles. The Morgan fingerprint density at radius 1 is 1.21 bits per heavy atom. The van der Waals surface area contributed by atoms with Gasteiger partial charge in [-0.25, -0.2) is 0 Å². The lowest BCUT2D eigenvalue weighted by molar-refractivity contribution is -0.00952. The molecule has 7 heteroatoms. The number of benzene rings is 1. The van der Waals surface area contributed by atoms with E-state index in [2.05, 4.69) is 46.9 Å². The number of aromatic nitrogens is 2. The molecule has 4 rings (SSSR count). The van der Waals surface area contributed by atoms with Gasteiger partial charge in [-0.3, -0.25) is 9.48 Å². The quantitative estimate of drug-likeness (QED) is 0.821. The van der Waals surface area contributed by atoms with Crippen molar-refractivity contribution >= 4 is 18.3 Å². The van der Waals surface area contributed by atoms with Crippen LogP contribution in [0.3, 0.4) is 0 Å². The number of amides is 1. The van der Waals surface area contributed by atoms with Gasteiger partial charge >= 0.3 is 0 Å². The summed E-state index contributed by atoms with van der Waals surface area (Å²) >= 11 is 0. The fourth-order valence-electron chi connectivity index (χ4n) is 3.98. The van der Waals surface area contributed by atoms with E-state index in [9.17, 15) is 4.79 Å². The summed E-state index contributed by atoms with van der Waals surface area (Å²) in [5.41, 5.74) is 2.82. The molecule has 2 aliphatic heterocycles. The molecule has 3 unspecified atom stereocenters. The molecule has 3 heterocycles. The van der Waals surface area contributed by atoms with Crippen molar-refractivity contribution in [3.05, 3.63) is 53.3 Å². The molecule has 1 aromatic carbocycles. The minimum absolute atomic E-state index is 0. The fourth-order valence-corrected chi connectivity index (χ4v) is 3.98. The van der Waals surface area contributed by atoms with Crippen LogP contribution in [0.2, 0.25) is 0 Å². The molecule has 6 nitrogen and oxygen atoms in total. The number of carbonyl (C=O) groups excluding carboxylic acids is 1. The summed E-state index contributed by atoms with van der Waals surface area (Å²) < 4.78 is 7.93. The van der Waals surface area contributed by atoms with Gasteiger partial charge in [0.05, 0.1) is 12.1 Å². The van der Waals surface area contributed by atoms with Crippen LogP contribution in [-0.4, -0.2) is 41.4 Å². The molecule has 2 aromatic rings. The van der Waals surface area contributed by atoms with Gasteiger partial charge in [-0.1, -0.05) is 29.8 Å². The normalized spacial score (nSPS) is 25.0. The number of nitrogens with one attached hydrogen (secondary N) is 2. The van der Waals surface area contributed by atoms with Crippen LogP contribution >= 0.6 is 12.4 Å². The number of hydrogen-bond donors (Lipinski definition) is 2. The molecule has 2 N–H and O–H groups in total. The topological polar surface area (TPSA) is 68.2 Å². The average Bonchev–Trinajstić information content (AvgIpc) is 3.20. The van der Waals surface area contributed by atoms with Crippen molar-refractivity contribution in [2.24, 2.45) is 0 Å². The summed E-state index contributed by atoms with van der Waals surface area (Å²) in [6, 6.07) is 10.5. The van der Waals surface area contributed by atoms with Crippen molar-refractivity contribution in [3.8, 4) is 0 Å². The third-order valence-corrected chi connectivity index (χ3v) is 5.53. The second-order valence-electron chi connectivity index (χ2n) is 7.61. The Balaban J connectivity index is 0.00000225. The molecular formula is C21H29ClN4O2. The van der Waals surface area contributed by atoms with Crippen molar-refractivity contribution in [1.29, 1.82) is 0 Å². The maximum Gasteiger partial charge on any atom is 0.272 e. The summed E-state index contributed by atoms with van der Waals surface area (Å²) in [5.74, 6) is -0.120. The largest absolute Gasteiger partial charge is 0.371 e. The van der Waals surface area contributed by atoms with Crippen molar-refractivity contribution in [1.82, 2.24) is 20.4 Å². The highest BCUT2D eigenvalue weighted by Crippen LogP contribution is 2.29. The first-order chi connectivity index (χ1) is 13.2. The number of hydrogen-bond acceptors (Lipinski definition) is 4. The van der Waals surface area contributed by atoms with E-state index in [4.69, 9.17) is 4.74 Å². The van der Waals surface area contributed by atoms with E-state index in [-0.39, 0.29) is 30.5 Å². The summed E-state index contributed by atoms with van der Waals surface area (Å²) in [6.07, 6.45) is 5.92. The molecule has 0 saturated carbocycles. The number of ether oxygens (including phenoxy) is 1. The second kappa shape index (κ2) is 9.54. The number of piperidine rings is 1. The Morgan fingerprint density at radius 2 is 2.04 bits per heavy atom. The number of carbonyl (C=O) groups is 1. The minimum atomic E-state index is -0.120. The summed E-state index contributed by atoms with van der Waals surface area (Å²) in [6.45, 7) is 4.78. The van der Waals surface area contributed by atoms with E-state index in [0.717, 1.165) is 50.9 Å². The first-order valence-electron chi connectivity index (χ1n) is 9.95. The molecular weight excluding hydrogens is 376 g/mol. The number of halogens is 1. The first-order valence-corrected chi connectivity index (χ1v) is 9.95. The second-order valence-corrected chi connectivity index (χ2v) is 7.61. The van der Waals surface area contributed by atoms with Gasteiger partial charge in [0.15, 0.2) is 0 Å². The molecule has 2 saturated heterocycles. The molecule has 152 valence electrons. The molecule has 28 heavy (non-hydrogen) atoms. The number of aryl methyl sites for hydroxylation is 1. The van der Waals surface area contributed by atoms with Gasteiger partial charge in [-0.2, -0.15) is 5.10 Å². The number of nitrogens with zero attached hydrogens (tertiary/aromatic N) is 2. The van der Waals surface area contributed by atoms with Gasteiger partial charge in [-0.15, -0.1) is 12.4 Å². The van der Waals surface area contributed by atoms with Crippen LogP contribution in [-0.2, 0) is 4.74 Å². The van der Waals surface area contributed by atoms with Crippen LogP contribution in [0, 0.1) is 6.92 Å². The predicted octanol–water partition coefficient (Wildman–Crippen LogP) is 3.19. The zero-order chi connectivity index (χ0) is 18.6. The fraction of sp³-hybridized carbons (Fsp3) is 0.524. The summed E-state index contributed by atoms with van der Waals surface area (Å²) in [5, 5.41) is 11.1. The van der Waals surface area contributed by atoms with E-state index in [1.807, 2.05) is 16.9 Å². The molecule has 0 bridgehead atoms. The van der Waals surface area contributed by atoms with E-state index in [0.29, 0.717) is 11.7 Å². The summed E-state index contributed by atoms with van der Waals surface area (Å²) in [4.78, 5) is 12.8. The van der Waals surface area contributed by atoms with Crippen LogP contribution in [0.25, 0.3) is 0 Å². The van der Waals surface area contributed by atoms with Crippen LogP contribution in [0.5, 0.6) is 0 Å². The van der Waals surface area contributed by atoms with Gasteiger partial charge in [0, 0.05) is 19.3 Å². The molecule has 1 amide bonds. The molecule has 3 atom stereocenters. The molecule has 1 aromatic heterocycles. The SMILES string of the molecule is Cc1ccc(C2OCCCC2NC(=O)c2ccn(C3CCCNC3)n2)cc1.Cl. The highest BCUT2D eigenvalue weighted by molar-refractivity contribution is 5.92. The Bertz CT molecular complexity index is 771. The first kappa shape index (κ1) is 20.8. The summed E-state index contributed by atoms with van der Waals surface area (Å²) in [7, 11) is 0. The minimum Gasteiger partial charge on any atom is -0.371 e. The lowest BCUT2D eigenvalue weighted by Crippen LogP contribution is -2.43. The van der Waals surface area contributed by atoms with Crippen LogP contribution < -0.4 is 10.6 Å². The van der Waals surface area contributed by atoms with Crippen molar-refractivity contribution in [2.45, 2.75) is 50.8 Å². The van der Waals surface area contributed by atoms with E-state index in [1.165, 1.54) is 5.56 Å². The van der Waals surface area contributed by atoms with Crippen molar-refractivity contribution < 1.29 is 9.53 Å². The lowest BCUT2D eigenvalue weighted by Gasteiger charge is -2.32. The molecule has 0 radical (unpaired) electrons. The Morgan fingerprint density at radius 3 is 2.79 bits per heavy atom. The van der Waals surface area contributed by atoms with Crippen LogP contribution in [0.15, 0.2) is 36.5 Å². The molecule has 0 spiro atoms. The Labute approximate surface area is 172 Å². The van der Waals surface area contributed by atoms with Gasteiger partial charge in [0.25, 0.3) is 5.91 Å². The van der Waals surface area contributed by atoms with Crippen molar-refractivity contribution in [3.63, 3.8) is 0 Å². The van der Waals surface area contributed by atoms with E-state index in [1.54, 1.807) is 0 Å². The standard InChI is InChI=1S/C21H28N4O2.ClH/c1-15-6-8-16(9-7-15)20-18(5-3-13-27-20)23-21(26)19-10-12-25(24-19)17-4-2-11-22-14-17;/h6-10,12,17-18,20,22H,2-5,11,13-14H2,1H3,(H,23,26);1H. The monoisotopic (exact) mass is 404 g/mol. The zero-order valence-electron chi connectivity index (χ0n) is 16.3. The van der Waals surface area contributed by atoms with Crippen LogP contribution in [0.4, 0.5) is 0 Å². The lowest BCUT2D eigenvalue weighted by atomic mass is 9.95. The van der Waals surface area contributed by atoms with E-state index >= 15 is 0 Å². The van der Waals surface area contributed by atoms with E-state index < -0.39 is 0 Å². The van der Waals surface area contributed by atoms with Gasteiger partial charge in [0.2, 0.25) is 0 Å². The third-order valence-electron chi connectivity index (χ3n) is 5.53. The maximum absolute atomic E-state index is 12.8. The predicted molar refractivity (Wildman–Crippen MR) is 111 cm³/mol. The highest BCUT2D eigenvalue weighted by atomic mass is 35.5. The average molecular weight is 405 g/mol. The molecule has 2 aliphatic rings. The van der Waals surface area contributed by atoms with Gasteiger partial charge in [0.1, 0.15) is 11.8 Å². The smallest absolute Gasteiger partial charge is 0.272 e. The van der Waals surface area contributed by atoms with Crippen LogP contribution in [0.1, 0.15) is 59.4 Å². The Kier molecular flexibility index (Phi) is 7.10. The van der Waals surface area contributed by atoms with Gasteiger partial charge in [-0.05, 0) is 50.8 Å². The highest BCUT2D eigenvalue weighted by Gasteiger charge is 2.29. The third kappa shape index (κ3) is 4.74. The number of rotatable bonds is 4. The Hall–Kier alpha value is -1.89. The van der Waals surface area contributed by atoms with Crippen molar-refractivity contribution in [2.75, 3.05) is 19.7 Å². The maximum atomic E-state index is 12.8. The zero-order valence-corrected chi connectivity index (χ0v) is 17.1. The van der Waals surface area contributed by atoms with Gasteiger partial charge < -0.3 is 15.4 Å².